The molecular formula is C17H9Cl3N2O2. The van der Waals surface area contributed by atoms with Crippen molar-refractivity contribution in [1.29, 1.82) is 0 Å². The molecule has 0 atom stereocenters. The molecule has 4 nitrogen and oxygen atoms in total. The van der Waals surface area contributed by atoms with Gasteiger partial charge in [-0.15, -0.1) is 6.42 Å². The van der Waals surface area contributed by atoms with Crippen molar-refractivity contribution < 1.29 is 9.53 Å². The second-order valence-corrected chi connectivity index (χ2v) is 6.09. The molecule has 1 N–H and O–H groups in total. The van der Waals surface area contributed by atoms with Crippen molar-refractivity contribution in [3.8, 4) is 23.7 Å². The van der Waals surface area contributed by atoms with Crippen LogP contribution in [0, 0.1) is 12.3 Å². The number of H-pyrrole nitrogens is 1. The van der Waals surface area contributed by atoms with Gasteiger partial charge in [-0.2, -0.15) is 0 Å². The van der Waals surface area contributed by atoms with E-state index in [4.69, 9.17) is 46.0 Å². The molecule has 24 heavy (non-hydrogen) atoms. The van der Waals surface area contributed by atoms with Gasteiger partial charge in [0, 0.05) is 10.6 Å². The van der Waals surface area contributed by atoms with E-state index < -0.39 is 5.97 Å². The van der Waals surface area contributed by atoms with Crippen LogP contribution in [0.1, 0.15) is 10.4 Å². The summed E-state index contributed by atoms with van der Waals surface area (Å²) in [5, 5.41) is 1.29. The highest BCUT2D eigenvalue weighted by atomic mass is 35.5. The average molecular weight is 380 g/mol. The number of terminal acetylenes is 1. The number of rotatable bonds is 3. The minimum Gasteiger partial charge on any atom is -0.449 e. The third-order valence-corrected chi connectivity index (χ3v) is 4.08. The van der Waals surface area contributed by atoms with E-state index in [1.165, 1.54) is 6.07 Å². The van der Waals surface area contributed by atoms with Gasteiger partial charge in [-0.1, -0.05) is 40.7 Å². The molecule has 0 saturated carbocycles. The van der Waals surface area contributed by atoms with Crippen LogP contribution in [0.5, 0.6) is 0 Å². The van der Waals surface area contributed by atoms with E-state index in [-0.39, 0.29) is 12.2 Å². The number of ether oxygens (including phenoxy) is 1. The zero-order valence-corrected chi connectivity index (χ0v) is 14.3. The number of halogens is 3. The minimum absolute atomic E-state index is 0.108. The summed E-state index contributed by atoms with van der Waals surface area (Å²) in [6.07, 6.45) is 5.08. The number of carbonyl (C=O) groups is 1. The first-order valence-electron chi connectivity index (χ1n) is 6.75. The maximum Gasteiger partial charge on any atom is 0.339 e. The maximum atomic E-state index is 11.9. The van der Waals surface area contributed by atoms with Crippen LogP contribution in [0.25, 0.3) is 22.4 Å². The number of carbonyl (C=O) groups excluding carboxylic acids is 1. The highest BCUT2D eigenvalue weighted by molar-refractivity contribution is 6.37. The van der Waals surface area contributed by atoms with E-state index in [1.807, 2.05) is 0 Å². The number of aromatic amines is 1. The molecule has 0 amide bonds. The Morgan fingerprint density at radius 1 is 1.21 bits per heavy atom. The molecule has 0 aliphatic rings. The fraction of sp³-hybridized carbons (Fsp3) is 0.0588. The third-order valence-electron chi connectivity index (χ3n) is 3.25. The molecule has 0 unspecified atom stereocenters. The molecule has 1 heterocycles. The standard InChI is InChI=1S/C17H9Cl3N2O2/c1-2-5-24-17(23)9-6-13(20)15-14(7-9)21-16(22-15)11-4-3-10(18)8-12(11)19/h1,3-4,6-8H,5H2,(H,21,22). The number of nitrogens with one attached hydrogen (secondary N) is 1. The van der Waals surface area contributed by atoms with E-state index in [9.17, 15) is 4.79 Å². The summed E-state index contributed by atoms with van der Waals surface area (Å²) >= 11 is 18.3. The van der Waals surface area contributed by atoms with Gasteiger partial charge in [-0.3, -0.25) is 0 Å². The Bertz CT molecular complexity index is 989. The Labute approximate surface area is 152 Å². The lowest BCUT2D eigenvalue weighted by Crippen LogP contribution is -2.05. The monoisotopic (exact) mass is 378 g/mol. The predicted molar refractivity (Wildman–Crippen MR) is 95.7 cm³/mol. The average Bonchev–Trinajstić information content (AvgIpc) is 2.96. The predicted octanol–water partition coefficient (Wildman–Crippen LogP) is 4.98. The van der Waals surface area contributed by atoms with Crippen molar-refractivity contribution in [2.45, 2.75) is 0 Å². The van der Waals surface area contributed by atoms with Gasteiger partial charge in [-0.05, 0) is 30.3 Å². The lowest BCUT2D eigenvalue weighted by Gasteiger charge is -2.02. The van der Waals surface area contributed by atoms with Crippen molar-refractivity contribution in [3.05, 3.63) is 51.0 Å². The summed E-state index contributed by atoms with van der Waals surface area (Å²) in [6, 6.07) is 8.16. The van der Waals surface area contributed by atoms with E-state index >= 15 is 0 Å². The molecule has 3 aromatic rings. The quantitative estimate of drug-likeness (QED) is 0.516. The number of fused-ring (bicyclic) bond motifs is 1. The molecule has 3 rings (SSSR count). The molecule has 0 aliphatic heterocycles. The molecule has 0 radical (unpaired) electrons. The van der Waals surface area contributed by atoms with Gasteiger partial charge >= 0.3 is 5.97 Å². The number of benzene rings is 2. The van der Waals surface area contributed by atoms with Gasteiger partial charge in [-0.25, -0.2) is 9.78 Å². The molecule has 0 aliphatic carbocycles. The molecule has 0 saturated heterocycles. The summed E-state index contributed by atoms with van der Waals surface area (Å²) in [7, 11) is 0. The number of nitrogens with zero attached hydrogens (tertiary/aromatic N) is 1. The second kappa shape index (κ2) is 6.74. The number of hydrogen-bond acceptors (Lipinski definition) is 3. The van der Waals surface area contributed by atoms with E-state index in [0.717, 1.165) is 0 Å². The Hall–Kier alpha value is -2.19. The molecule has 1 aromatic heterocycles. The van der Waals surface area contributed by atoms with Crippen LogP contribution in [-0.2, 0) is 4.74 Å². The third kappa shape index (κ3) is 3.20. The van der Waals surface area contributed by atoms with Crippen molar-refractivity contribution >= 4 is 51.8 Å². The van der Waals surface area contributed by atoms with Gasteiger partial charge in [0.25, 0.3) is 0 Å². The molecule has 0 bridgehead atoms. The fourth-order valence-electron chi connectivity index (χ4n) is 2.19. The van der Waals surface area contributed by atoms with Gasteiger partial charge in [0.2, 0.25) is 0 Å². The first kappa shape index (κ1) is 16.7. The highest BCUT2D eigenvalue weighted by Gasteiger charge is 2.15. The number of esters is 1. The molecule has 120 valence electrons. The maximum absolute atomic E-state index is 11.9. The summed E-state index contributed by atoms with van der Waals surface area (Å²) < 4.78 is 4.90. The Balaban J connectivity index is 2.06. The van der Waals surface area contributed by atoms with Crippen LogP contribution in [-0.4, -0.2) is 22.5 Å². The molecule has 0 fully saturated rings. The highest BCUT2D eigenvalue weighted by Crippen LogP contribution is 2.32. The number of aromatic nitrogens is 2. The van der Waals surface area contributed by atoms with E-state index in [0.29, 0.717) is 37.5 Å². The van der Waals surface area contributed by atoms with Crippen molar-refractivity contribution in [1.82, 2.24) is 9.97 Å². The van der Waals surface area contributed by atoms with Crippen LogP contribution in [0.3, 0.4) is 0 Å². The van der Waals surface area contributed by atoms with Crippen molar-refractivity contribution in [3.63, 3.8) is 0 Å². The van der Waals surface area contributed by atoms with Crippen LogP contribution >= 0.6 is 34.8 Å². The zero-order chi connectivity index (χ0) is 17.3. The molecule has 7 heteroatoms. The lowest BCUT2D eigenvalue weighted by atomic mass is 10.2. The van der Waals surface area contributed by atoms with E-state index in [1.54, 1.807) is 24.3 Å². The smallest absolute Gasteiger partial charge is 0.339 e. The first-order chi connectivity index (χ1) is 11.5. The van der Waals surface area contributed by atoms with Gasteiger partial charge in [0.15, 0.2) is 6.61 Å². The first-order valence-corrected chi connectivity index (χ1v) is 7.88. The Morgan fingerprint density at radius 2 is 2.00 bits per heavy atom. The summed E-state index contributed by atoms with van der Waals surface area (Å²) in [4.78, 5) is 19.5. The molecule has 2 aromatic carbocycles. The van der Waals surface area contributed by atoms with Gasteiger partial charge in [0.1, 0.15) is 11.3 Å². The van der Waals surface area contributed by atoms with Crippen LogP contribution < -0.4 is 0 Å². The van der Waals surface area contributed by atoms with Gasteiger partial charge < -0.3 is 9.72 Å². The van der Waals surface area contributed by atoms with Crippen LogP contribution in [0.15, 0.2) is 30.3 Å². The Morgan fingerprint density at radius 3 is 2.71 bits per heavy atom. The van der Waals surface area contributed by atoms with Crippen LogP contribution in [0.4, 0.5) is 0 Å². The topological polar surface area (TPSA) is 55.0 Å². The summed E-state index contributed by atoms with van der Waals surface area (Å²) in [5.41, 5.74) is 2.05. The van der Waals surface area contributed by atoms with E-state index in [2.05, 4.69) is 15.9 Å². The van der Waals surface area contributed by atoms with Crippen molar-refractivity contribution in [2.24, 2.45) is 0 Å². The van der Waals surface area contributed by atoms with Crippen LogP contribution in [0.2, 0.25) is 15.1 Å². The molecular weight excluding hydrogens is 371 g/mol. The zero-order valence-electron chi connectivity index (χ0n) is 12.1. The van der Waals surface area contributed by atoms with Gasteiger partial charge in [0.05, 0.1) is 21.1 Å². The number of hydrogen-bond donors (Lipinski definition) is 1. The SMILES string of the molecule is C#CCOC(=O)c1cc(Cl)c2nc(-c3ccc(Cl)cc3Cl)[nH]c2c1. The summed E-state index contributed by atoms with van der Waals surface area (Å²) in [6.45, 7) is -0.108. The lowest BCUT2D eigenvalue weighted by molar-refractivity contribution is 0.0557. The minimum atomic E-state index is -0.558. The Kier molecular flexibility index (Phi) is 4.68. The molecule has 0 spiro atoms. The normalized spacial score (nSPS) is 10.6. The fourth-order valence-corrected chi connectivity index (χ4v) is 2.95. The summed E-state index contributed by atoms with van der Waals surface area (Å²) in [5.74, 6) is 2.19. The van der Waals surface area contributed by atoms with Crippen molar-refractivity contribution in [2.75, 3.05) is 6.61 Å². The second-order valence-electron chi connectivity index (χ2n) is 4.84. The number of imidazole rings is 1. The largest absolute Gasteiger partial charge is 0.449 e.